The number of halogens is 1. The number of benzene rings is 1. The maximum Gasteiger partial charge on any atom is 0.407 e. The average molecular weight is 407 g/mol. The number of thiophene rings is 1. The highest BCUT2D eigenvalue weighted by atomic mass is 35.5. The standard InChI is InChI=1S/C18H19ClN4O3S/c1-3-26-18(25)21-9-8-20-16(24)15-10-12-11(2)22-23(17(12)27-15)14-7-5-4-6-13(14)19/h4-7,10H,3,8-9H2,1-2H3,(H,20,24)(H,21,25). The Bertz CT molecular complexity index is 982. The minimum Gasteiger partial charge on any atom is -0.450 e. The third-order valence-corrected chi connectivity index (χ3v) is 5.23. The van der Waals surface area contributed by atoms with Gasteiger partial charge in [-0.3, -0.25) is 4.79 Å². The molecular formula is C18H19ClN4O3S. The van der Waals surface area contributed by atoms with E-state index in [4.69, 9.17) is 16.3 Å². The largest absolute Gasteiger partial charge is 0.450 e. The third-order valence-electron chi connectivity index (χ3n) is 3.80. The highest BCUT2D eigenvalue weighted by Crippen LogP contribution is 2.32. The monoisotopic (exact) mass is 406 g/mol. The van der Waals surface area contributed by atoms with E-state index in [1.807, 2.05) is 31.2 Å². The fraction of sp³-hybridized carbons (Fsp3) is 0.278. The van der Waals surface area contributed by atoms with Crippen molar-refractivity contribution in [1.29, 1.82) is 0 Å². The number of aromatic nitrogens is 2. The van der Waals surface area contributed by atoms with E-state index in [-0.39, 0.29) is 5.91 Å². The van der Waals surface area contributed by atoms with E-state index in [1.165, 1.54) is 11.3 Å². The Morgan fingerprint density at radius 2 is 2.00 bits per heavy atom. The molecule has 0 unspecified atom stereocenters. The minimum atomic E-state index is -0.496. The lowest BCUT2D eigenvalue weighted by molar-refractivity contribution is 0.0956. The molecule has 0 fully saturated rings. The van der Waals surface area contributed by atoms with Gasteiger partial charge in [0.15, 0.2) is 0 Å². The first-order chi connectivity index (χ1) is 13.0. The second-order valence-corrected chi connectivity index (χ2v) is 7.12. The molecule has 2 amide bonds. The highest BCUT2D eigenvalue weighted by molar-refractivity contribution is 7.20. The number of rotatable bonds is 6. The van der Waals surface area contributed by atoms with Crippen molar-refractivity contribution in [2.45, 2.75) is 13.8 Å². The molecule has 0 atom stereocenters. The Morgan fingerprint density at radius 3 is 2.74 bits per heavy atom. The molecule has 9 heteroatoms. The first-order valence-corrected chi connectivity index (χ1v) is 9.63. The number of hydrogen-bond donors (Lipinski definition) is 2. The number of hydrogen-bond acceptors (Lipinski definition) is 5. The Hall–Kier alpha value is -2.58. The zero-order valence-corrected chi connectivity index (χ0v) is 16.5. The number of nitrogens with one attached hydrogen (secondary N) is 2. The lowest BCUT2D eigenvalue weighted by atomic mass is 10.3. The van der Waals surface area contributed by atoms with Gasteiger partial charge in [0.05, 0.1) is 27.9 Å². The quantitative estimate of drug-likeness (QED) is 0.613. The lowest BCUT2D eigenvalue weighted by Gasteiger charge is -2.06. The Balaban J connectivity index is 1.73. The van der Waals surface area contributed by atoms with Gasteiger partial charge in [-0.1, -0.05) is 23.7 Å². The number of aryl methyl sites for hydroxylation is 1. The van der Waals surface area contributed by atoms with Gasteiger partial charge in [-0.15, -0.1) is 11.3 Å². The smallest absolute Gasteiger partial charge is 0.407 e. The van der Waals surface area contributed by atoms with E-state index < -0.39 is 6.09 Å². The minimum absolute atomic E-state index is 0.202. The summed E-state index contributed by atoms with van der Waals surface area (Å²) in [6.45, 7) is 4.53. The topological polar surface area (TPSA) is 85.2 Å². The molecule has 3 rings (SSSR count). The highest BCUT2D eigenvalue weighted by Gasteiger charge is 2.18. The van der Waals surface area contributed by atoms with Gasteiger partial charge in [0, 0.05) is 18.5 Å². The predicted molar refractivity (Wildman–Crippen MR) is 106 cm³/mol. The van der Waals surface area contributed by atoms with Crippen LogP contribution in [0.1, 0.15) is 22.3 Å². The number of carbonyl (C=O) groups excluding carboxylic acids is 2. The van der Waals surface area contributed by atoms with E-state index in [9.17, 15) is 9.59 Å². The van der Waals surface area contributed by atoms with Gasteiger partial charge in [0.25, 0.3) is 5.91 Å². The number of ether oxygens (including phenoxy) is 1. The summed E-state index contributed by atoms with van der Waals surface area (Å²) >= 11 is 7.64. The number of nitrogens with zero attached hydrogens (tertiary/aromatic N) is 2. The van der Waals surface area contributed by atoms with Crippen molar-refractivity contribution in [3.63, 3.8) is 0 Å². The van der Waals surface area contributed by atoms with Crippen LogP contribution >= 0.6 is 22.9 Å². The molecule has 27 heavy (non-hydrogen) atoms. The second-order valence-electron chi connectivity index (χ2n) is 5.68. The molecule has 0 aliphatic heterocycles. The lowest BCUT2D eigenvalue weighted by Crippen LogP contribution is -2.34. The molecular weight excluding hydrogens is 388 g/mol. The van der Waals surface area contributed by atoms with Crippen molar-refractivity contribution < 1.29 is 14.3 Å². The van der Waals surface area contributed by atoms with Crippen molar-refractivity contribution in [3.8, 4) is 5.69 Å². The predicted octanol–water partition coefficient (Wildman–Crippen LogP) is 3.52. The summed E-state index contributed by atoms with van der Waals surface area (Å²) in [5.74, 6) is -0.202. The van der Waals surface area contributed by atoms with E-state index >= 15 is 0 Å². The van der Waals surface area contributed by atoms with Crippen LogP contribution in [-0.2, 0) is 4.74 Å². The van der Waals surface area contributed by atoms with Crippen LogP contribution in [0.3, 0.4) is 0 Å². The molecule has 0 aliphatic rings. The van der Waals surface area contributed by atoms with Gasteiger partial charge >= 0.3 is 6.09 Å². The fourth-order valence-electron chi connectivity index (χ4n) is 2.56. The van der Waals surface area contributed by atoms with Gasteiger partial charge in [0.2, 0.25) is 0 Å². The number of carbonyl (C=O) groups is 2. The van der Waals surface area contributed by atoms with Crippen LogP contribution in [0.4, 0.5) is 4.79 Å². The molecule has 0 aliphatic carbocycles. The van der Waals surface area contributed by atoms with E-state index in [2.05, 4.69) is 15.7 Å². The van der Waals surface area contributed by atoms with Crippen LogP contribution in [0.2, 0.25) is 5.02 Å². The summed E-state index contributed by atoms with van der Waals surface area (Å²) in [5.41, 5.74) is 1.59. The number of alkyl carbamates (subject to hydrolysis) is 1. The summed E-state index contributed by atoms with van der Waals surface area (Å²) in [6.07, 6.45) is -0.496. The Kier molecular flexibility index (Phi) is 5.98. The van der Waals surface area contributed by atoms with Crippen LogP contribution < -0.4 is 10.6 Å². The summed E-state index contributed by atoms with van der Waals surface area (Å²) in [5, 5.41) is 11.4. The van der Waals surface area contributed by atoms with Crippen molar-refractivity contribution in [3.05, 3.63) is 45.9 Å². The van der Waals surface area contributed by atoms with Crippen molar-refractivity contribution >= 4 is 45.2 Å². The van der Waals surface area contributed by atoms with Crippen molar-refractivity contribution in [2.75, 3.05) is 19.7 Å². The maximum absolute atomic E-state index is 12.4. The van der Waals surface area contributed by atoms with Crippen LogP contribution in [0, 0.1) is 6.92 Å². The zero-order valence-electron chi connectivity index (χ0n) is 14.9. The molecule has 0 radical (unpaired) electrons. The first kappa shape index (κ1) is 19.2. The SMILES string of the molecule is CCOC(=O)NCCNC(=O)c1cc2c(C)nn(-c3ccccc3Cl)c2s1. The number of para-hydroxylation sites is 1. The zero-order chi connectivity index (χ0) is 19.4. The molecule has 142 valence electrons. The summed E-state index contributed by atoms with van der Waals surface area (Å²) in [7, 11) is 0. The van der Waals surface area contributed by atoms with Gasteiger partial charge in [0.1, 0.15) is 4.83 Å². The second kappa shape index (κ2) is 8.41. The first-order valence-electron chi connectivity index (χ1n) is 8.44. The molecule has 0 bridgehead atoms. The molecule has 2 N–H and O–H groups in total. The average Bonchev–Trinajstić information content (AvgIpc) is 3.20. The molecule has 2 aromatic heterocycles. The Labute approximate surface area is 165 Å². The Morgan fingerprint density at radius 1 is 1.26 bits per heavy atom. The third kappa shape index (κ3) is 4.23. The van der Waals surface area contributed by atoms with Crippen molar-refractivity contribution in [2.24, 2.45) is 0 Å². The van der Waals surface area contributed by atoms with E-state index in [1.54, 1.807) is 17.7 Å². The molecule has 2 heterocycles. The number of amides is 2. The van der Waals surface area contributed by atoms with Crippen LogP contribution in [0.15, 0.2) is 30.3 Å². The van der Waals surface area contributed by atoms with Crippen molar-refractivity contribution in [1.82, 2.24) is 20.4 Å². The molecule has 7 nitrogen and oxygen atoms in total. The molecule has 0 saturated heterocycles. The summed E-state index contributed by atoms with van der Waals surface area (Å²) in [4.78, 5) is 25.1. The summed E-state index contributed by atoms with van der Waals surface area (Å²) in [6, 6.07) is 9.26. The normalized spacial score (nSPS) is 10.8. The van der Waals surface area contributed by atoms with Crippen LogP contribution in [-0.4, -0.2) is 41.5 Å². The van der Waals surface area contributed by atoms with Crippen LogP contribution in [0.25, 0.3) is 15.9 Å². The molecule has 0 spiro atoms. The van der Waals surface area contributed by atoms with Gasteiger partial charge in [-0.05, 0) is 32.0 Å². The van der Waals surface area contributed by atoms with E-state index in [0.717, 1.165) is 21.6 Å². The van der Waals surface area contributed by atoms with Gasteiger partial charge in [-0.25, -0.2) is 9.48 Å². The van der Waals surface area contributed by atoms with Gasteiger partial charge in [-0.2, -0.15) is 5.10 Å². The number of fused-ring (bicyclic) bond motifs is 1. The molecule has 1 aromatic carbocycles. The maximum atomic E-state index is 12.4. The van der Waals surface area contributed by atoms with E-state index in [0.29, 0.717) is 29.6 Å². The van der Waals surface area contributed by atoms with Gasteiger partial charge < -0.3 is 15.4 Å². The van der Waals surface area contributed by atoms with Crippen LogP contribution in [0.5, 0.6) is 0 Å². The molecule has 3 aromatic rings. The summed E-state index contributed by atoms with van der Waals surface area (Å²) < 4.78 is 6.52. The molecule has 0 saturated carbocycles. The fourth-order valence-corrected chi connectivity index (χ4v) is 3.86.